The van der Waals surface area contributed by atoms with E-state index in [1.54, 1.807) is 0 Å². The molecule has 1 aliphatic rings. The van der Waals surface area contributed by atoms with E-state index in [4.69, 9.17) is 0 Å². The van der Waals surface area contributed by atoms with E-state index in [0.717, 1.165) is 18.0 Å². The van der Waals surface area contributed by atoms with Crippen LogP contribution in [0.4, 0.5) is 5.69 Å². The molecule has 0 aromatic heterocycles. The predicted octanol–water partition coefficient (Wildman–Crippen LogP) is 4.23. The SMILES string of the molecule is CCC(CC(=O)Nc1ccccc1)C1CCCC1. The van der Waals surface area contributed by atoms with Crippen LogP contribution in [-0.4, -0.2) is 5.91 Å². The summed E-state index contributed by atoms with van der Waals surface area (Å²) in [5.41, 5.74) is 0.906. The molecule has 18 heavy (non-hydrogen) atoms. The first kappa shape index (κ1) is 13.1. The molecule has 0 spiro atoms. The summed E-state index contributed by atoms with van der Waals surface area (Å²) < 4.78 is 0. The first-order chi connectivity index (χ1) is 8.79. The molecule has 1 saturated carbocycles. The molecule has 1 N–H and O–H groups in total. The highest BCUT2D eigenvalue weighted by Crippen LogP contribution is 2.34. The fraction of sp³-hybridized carbons (Fsp3) is 0.562. The van der Waals surface area contributed by atoms with Gasteiger partial charge in [-0.2, -0.15) is 0 Å². The lowest BCUT2D eigenvalue weighted by molar-refractivity contribution is -0.117. The van der Waals surface area contributed by atoms with E-state index < -0.39 is 0 Å². The summed E-state index contributed by atoms with van der Waals surface area (Å²) in [7, 11) is 0. The molecule has 0 radical (unpaired) electrons. The Hall–Kier alpha value is -1.31. The van der Waals surface area contributed by atoms with Gasteiger partial charge in [0.05, 0.1) is 0 Å². The number of amides is 1. The van der Waals surface area contributed by atoms with Crippen LogP contribution in [-0.2, 0) is 4.79 Å². The maximum absolute atomic E-state index is 12.0. The Bertz CT molecular complexity index is 368. The number of anilines is 1. The van der Waals surface area contributed by atoms with Crippen molar-refractivity contribution >= 4 is 11.6 Å². The smallest absolute Gasteiger partial charge is 0.224 e. The Morgan fingerprint density at radius 1 is 1.28 bits per heavy atom. The van der Waals surface area contributed by atoms with E-state index in [-0.39, 0.29) is 5.91 Å². The van der Waals surface area contributed by atoms with Crippen LogP contribution >= 0.6 is 0 Å². The summed E-state index contributed by atoms with van der Waals surface area (Å²) in [6.07, 6.45) is 7.13. The van der Waals surface area contributed by atoms with Crippen LogP contribution in [0.25, 0.3) is 0 Å². The lowest BCUT2D eigenvalue weighted by atomic mass is 9.86. The third-order valence-corrected chi connectivity index (χ3v) is 4.10. The second kappa shape index (κ2) is 6.58. The summed E-state index contributed by atoms with van der Waals surface area (Å²) in [4.78, 5) is 12.0. The molecule has 1 unspecified atom stereocenters. The van der Waals surface area contributed by atoms with Crippen molar-refractivity contribution in [2.45, 2.75) is 45.4 Å². The van der Waals surface area contributed by atoms with Crippen LogP contribution in [0.3, 0.4) is 0 Å². The minimum absolute atomic E-state index is 0.167. The number of para-hydroxylation sites is 1. The molecule has 2 nitrogen and oxygen atoms in total. The number of carbonyl (C=O) groups excluding carboxylic acids is 1. The molecule has 1 aromatic carbocycles. The lowest BCUT2D eigenvalue weighted by Gasteiger charge is -2.21. The Kier molecular flexibility index (Phi) is 4.80. The van der Waals surface area contributed by atoms with Gasteiger partial charge in [0.15, 0.2) is 0 Å². The lowest BCUT2D eigenvalue weighted by Crippen LogP contribution is -2.20. The van der Waals surface area contributed by atoms with E-state index in [2.05, 4.69) is 12.2 Å². The van der Waals surface area contributed by atoms with Crippen molar-refractivity contribution < 1.29 is 4.79 Å². The Morgan fingerprint density at radius 2 is 1.94 bits per heavy atom. The molecular formula is C16H23NO. The molecule has 0 heterocycles. The maximum Gasteiger partial charge on any atom is 0.224 e. The third-order valence-electron chi connectivity index (χ3n) is 4.10. The minimum atomic E-state index is 0.167. The monoisotopic (exact) mass is 245 g/mol. The highest BCUT2D eigenvalue weighted by molar-refractivity contribution is 5.90. The summed E-state index contributed by atoms with van der Waals surface area (Å²) in [6.45, 7) is 2.21. The number of carbonyl (C=O) groups is 1. The zero-order valence-corrected chi connectivity index (χ0v) is 11.2. The fourth-order valence-corrected chi connectivity index (χ4v) is 3.04. The van der Waals surface area contributed by atoms with E-state index >= 15 is 0 Å². The molecule has 98 valence electrons. The number of rotatable bonds is 5. The number of hydrogen-bond acceptors (Lipinski definition) is 1. The molecule has 0 bridgehead atoms. The van der Waals surface area contributed by atoms with Crippen molar-refractivity contribution in [1.82, 2.24) is 0 Å². The molecule has 1 atom stereocenters. The molecule has 1 fully saturated rings. The second-order valence-electron chi connectivity index (χ2n) is 5.33. The summed E-state index contributed by atoms with van der Waals surface area (Å²) >= 11 is 0. The average molecular weight is 245 g/mol. The van der Waals surface area contributed by atoms with Crippen LogP contribution in [0, 0.1) is 11.8 Å². The van der Waals surface area contributed by atoms with Gasteiger partial charge in [-0.1, -0.05) is 57.2 Å². The first-order valence-corrected chi connectivity index (χ1v) is 7.14. The van der Waals surface area contributed by atoms with E-state index in [0.29, 0.717) is 12.3 Å². The Balaban J connectivity index is 1.85. The predicted molar refractivity (Wildman–Crippen MR) is 75.4 cm³/mol. The standard InChI is InChI=1S/C16H23NO/c1-2-13(14-8-6-7-9-14)12-16(18)17-15-10-4-3-5-11-15/h3-5,10-11,13-14H,2,6-9,12H2,1H3,(H,17,18). The van der Waals surface area contributed by atoms with Gasteiger partial charge in [0.1, 0.15) is 0 Å². The highest BCUT2D eigenvalue weighted by Gasteiger charge is 2.25. The first-order valence-electron chi connectivity index (χ1n) is 7.14. The van der Waals surface area contributed by atoms with Gasteiger partial charge in [-0.25, -0.2) is 0 Å². The van der Waals surface area contributed by atoms with Crippen molar-refractivity contribution in [3.8, 4) is 0 Å². The highest BCUT2D eigenvalue weighted by atomic mass is 16.1. The number of hydrogen-bond donors (Lipinski definition) is 1. The zero-order chi connectivity index (χ0) is 12.8. The van der Waals surface area contributed by atoms with Crippen LogP contribution in [0.1, 0.15) is 45.4 Å². The average Bonchev–Trinajstić information content (AvgIpc) is 2.91. The van der Waals surface area contributed by atoms with Crippen molar-refractivity contribution in [2.75, 3.05) is 5.32 Å². The molecular weight excluding hydrogens is 222 g/mol. The van der Waals surface area contributed by atoms with Crippen LogP contribution < -0.4 is 5.32 Å². The third kappa shape index (κ3) is 3.59. The van der Waals surface area contributed by atoms with Gasteiger partial charge in [0.25, 0.3) is 0 Å². The van der Waals surface area contributed by atoms with Crippen LogP contribution in [0.15, 0.2) is 30.3 Å². The molecule has 2 rings (SSSR count). The molecule has 1 aliphatic carbocycles. The Morgan fingerprint density at radius 3 is 2.56 bits per heavy atom. The molecule has 2 heteroatoms. The fourth-order valence-electron chi connectivity index (χ4n) is 3.04. The Labute approximate surface area is 110 Å². The van der Waals surface area contributed by atoms with Crippen LogP contribution in [0.5, 0.6) is 0 Å². The van der Waals surface area contributed by atoms with Gasteiger partial charge < -0.3 is 5.32 Å². The van der Waals surface area contributed by atoms with Crippen LogP contribution in [0.2, 0.25) is 0 Å². The molecule has 0 aliphatic heterocycles. The second-order valence-corrected chi connectivity index (χ2v) is 5.33. The van der Waals surface area contributed by atoms with Gasteiger partial charge >= 0.3 is 0 Å². The van der Waals surface area contributed by atoms with Gasteiger partial charge in [0.2, 0.25) is 5.91 Å². The van der Waals surface area contributed by atoms with E-state index in [1.807, 2.05) is 30.3 Å². The van der Waals surface area contributed by atoms with Gasteiger partial charge in [-0.15, -0.1) is 0 Å². The zero-order valence-electron chi connectivity index (χ0n) is 11.2. The van der Waals surface area contributed by atoms with E-state index in [1.165, 1.54) is 25.7 Å². The van der Waals surface area contributed by atoms with Gasteiger partial charge in [-0.05, 0) is 24.0 Å². The van der Waals surface area contributed by atoms with Crippen molar-refractivity contribution in [3.63, 3.8) is 0 Å². The number of benzene rings is 1. The van der Waals surface area contributed by atoms with Crippen molar-refractivity contribution in [1.29, 1.82) is 0 Å². The summed E-state index contributed by atoms with van der Waals surface area (Å²) in [6, 6.07) is 9.74. The number of nitrogens with one attached hydrogen (secondary N) is 1. The largest absolute Gasteiger partial charge is 0.326 e. The van der Waals surface area contributed by atoms with Crippen molar-refractivity contribution in [2.24, 2.45) is 11.8 Å². The molecule has 1 aromatic rings. The topological polar surface area (TPSA) is 29.1 Å². The minimum Gasteiger partial charge on any atom is -0.326 e. The molecule has 1 amide bonds. The van der Waals surface area contributed by atoms with Gasteiger partial charge in [0, 0.05) is 12.1 Å². The quantitative estimate of drug-likeness (QED) is 0.826. The normalized spacial score (nSPS) is 17.6. The molecule has 0 saturated heterocycles. The van der Waals surface area contributed by atoms with Gasteiger partial charge in [-0.3, -0.25) is 4.79 Å². The van der Waals surface area contributed by atoms with E-state index in [9.17, 15) is 4.79 Å². The maximum atomic E-state index is 12.0. The van der Waals surface area contributed by atoms with Crippen molar-refractivity contribution in [3.05, 3.63) is 30.3 Å². The summed E-state index contributed by atoms with van der Waals surface area (Å²) in [5, 5.41) is 2.99. The summed E-state index contributed by atoms with van der Waals surface area (Å²) in [5.74, 6) is 1.51.